The largest absolute Gasteiger partial charge is 2.00 e. The molecule has 0 aromatic carbocycles. The van der Waals surface area contributed by atoms with E-state index in [1.807, 2.05) is 33.8 Å². The van der Waals surface area contributed by atoms with Gasteiger partial charge in [-0.25, -0.2) is 9.97 Å². The van der Waals surface area contributed by atoms with Crippen molar-refractivity contribution >= 4 is 68.2 Å². The molecule has 0 fully saturated rings. The SMILES string of the molecule is CC1=C(CCC(=O)[O-])c2cc3nc(cc4[nH]c(cc5[nH]c(cc1n2)c(CCC(=O)[O-])c5C)c(CCC(=O)[O-])c4C)C(CCC(=O)[O-])=C3C.[Zn+2].[Zn+2]. The topological polar surface area (TPSA) is 218 Å². The van der Waals surface area contributed by atoms with Gasteiger partial charge in [0.1, 0.15) is 0 Å². The number of H-pyrrole nitrogens is 2. The normalized spacial score (nSPS) is 12.4. The van der Waals surface area contributed by atoms with E-state index in [-0.39, 0.29) is 90.3 Å². The number of hydrogen-bond donors (Lipinski definition) is 2. The summed E-state index contributed by atoms with van der Waals surface area (Å²) in [4.78, 5) is 62.4. The van der Waals surface area contributed by atoms with Crippen molar-refractivity contribution in [2.24, 2.45) is 0 Å². The molecule has 50 heavy (non-hydrogen) atoms. The van der Waals surface area contributed by atoms with E-state index < -0.39 is 23.9 Å². The van der Waals surface area contributed by atoms with Crippen molar-refractivity contribution in [1.29, 1.82) is 0 Å². The van der Waals surface area contributed by atoms with Crippen molar-refractivity contribution in [2.75, 3.05) is 0 Å². The van der Waals surface area contributed by atoms with Gasteiger partial charge in [0.15, 0.2) is 0 Å². The monoisotopic (exact) mass is 778 g/mol. The van der Waals surface area contributed by atoms with E-state index >= 15 is 0 Å². The van der Waals surface area contributed by atoms with Crippen LogP contribution in [0.3, 0.4) is 0 Å². The predicted molar refractivity (Wildman–Crippen MR) is 171 cm³/mol. The molecule has 5 rings (SSSR count). The Morgan fingerprint density at radius 1 is 0.500 bits per heavy atom. The second-order valence-electron chi connectivity index (χ2n) is 12.1. The summed E-state index contributed by atoms with van der Waals surface area (Å²) in [6.07, 6.45) is -0.243. The zero-order chi connectivity index (χ0) is 34.9. The predicted octanol–water partition coefficient (Wildman–Crippen LogP) is 1.21. The first kappa shape index (κ1) is 40.2. The van der Waals surface area contributed by atoms with Gasteiger partial charge in [-0.05, 0) is 148 Å². The van der Waals surface area contributed by atoms with E-state index in [4.69, 9.17) is 9.97 Å². The molecule has 0 radical (unpaired) electrons. The van der Waals surface area contributed by atoms with Crippen LogP contribution < -0.4 is 20.4 Å². The molecule has 250 valence electrons. The van der Waals surface area contributed by atoms with Gasteiger partial charge in [0.05, 0.1) is 22.8 Å². The molecular weight excluding hydrogens is 747 g/mol. The third-order valence-electron chi connectivity index (χ3n) is 9.12. The van der Waals surface area contributed by atoms with Gasteiger partial charge in [-0.15, -0.1) is 0 Å². The standard InChI is InChI=1S/C36H38N4O8.2Zn/c1-17-21(5-9-33(41)42)29-14-26-19(3)23(7-11-35(45)46)31(39-26)16-28-20(4)24(8-12-36(47)48)32(40-28)15-27-18(2)22(6-10-34(43)44)30(38-27)13-25(17)37-29;;/h13-16,37-38H,5-12H2,1-4H3,(H,41,42)(H,43,44)(H,45,46)(H,47,48);;/q;2*+2/p-4. The Kier molecular flexibility index (Phi) is 13.4. The maximum absolute atomic E-state index is 11.5. The summed E-state index contributed by atoms with van der Waals surface area (Å²) >= 11 is 0. The smallest absolute Gasteiger partial charge is 0.550 e. The molecule has 8 bridgehead atoms. The fourth-order valence-electron chi connectivity index (χ4n) is 6.40. The second kappa shape index (κ2) is 16.6. The van der Waals surface area contributed by atoms with Gasteiger partial charge >= 0.3 is 39.0 Å². The Hall–Kier alpha value is -4.27. The molecule has 2 N–H and O–H groups in total. The maximum atomic E-state index is 11.5. The van der Waals surface area contributed by atoms with Crippen LogP contribution in [0, 0.1) is 13.8 Å². The van der Waals surface area contributed by atoms with E-state index in [1.54, 1.807) is 18.2 Å². The van der Waals surface area contributed by atoms with Crippen molar-refractivity contribution < 1.29 is 78.6 Å². The molecule has 3 aromatic heterocycles. The van der Waals surface area contributed by atoms with E-state index in [9.17, 15) is 39.6 Å². The summed E-state index contributed by atoms with van der Waals surface area (Å²) in [5.41, 5.74) is 10.5. The number of carbonyl (C=O) groups excluding carboxylic acids is 4. The molecular formula is C36H34N4O8Zn2. The number of carboxylic acid groups (broad SMARTS) is 4. The first-order valence-corrected chi connectivity index (χ1v) is 15.7. The number of hydrogen-bond acceptors (Lipinski definition) is 10. The molecule has 0 unspecified atom stereocenters. The van der Waals surface area contributed by atoms with Crippen LogP contribution in [0.2, 0.25) is 0 Å². The molecule has 2 aliphatic heterocycles. The van der Waals surface area contributed by atoms with Crippen LogP contribution in [0.4, 0.5) is 0 Å². The van der Waals surface area contributed by atoms with Gasteiger partial charge in [0, 0.05) is 45.9 Å². The Bertz CT molecular complexity index is 2110. The fourth-order valence-corrected chi connectivity index (χ4v) is 6.40. The molecule has 0 atom stereocenters. The van der Waals surface area contributed by atoms with Crippen LogP contribution in [0.5, 0.6) is 0 Å². The molecule has 0 spiro atoms. The van der Waals surface area contributed by atoms with Crippen molar-refractivity contribution in [3.8, 4) is 0 Å². The molecule has 2 aliphatic rings. The van der Waals surface area contributed by atoms with Crippen LogP contribution in [0.15, 0.2) is 24.3 Å². The van der Waals surface area contributed by atoms with Gasteiger partial charge in [-0.2, -0.15) is 0 Å². The first-order valence-electron chi connectivity index (χ1n) is 15.7. The molecule has 3 aromatic rings. The van der Waals surface area contributed by atoms with Crippen molar-refractivity contribution in [3.63, 3.8) is 0 Å². The number of rotatable bonds is 12. The van der Waals surface area contributed by atoms with Gasteiger partial charge in [0.25, 0.3) is 0 Å². The van der Waals surface area contributed by atoms with Gasteiger partial charge in [0.2, 0.25) is 0 Å². The summed E-state index contributed by atoms with van der Waals surface area (Å²) in [5.74, 6) is -4.81. The number of aliphatic carboxylic acids is 4. The van der Waals surface area contributed by atoms with E-state index in [1.165, 1.54) is 0 Å². The van der Waals surface area contributed by atoms with E-state index in [2.05, 4.69) is 9.97 Å². The number of nitrogens with one attached hydrogen (secondary N) is 2. The average Bonchev–Trinajstić information content (AvgIpc) is 3.66. The maximum Gasteiger partial charge on any atom is 2.00 e. The van der Waals surface area contributed by atoms with Crippen molar-refractivity contribution in [2.45, 2.75) is 79.1 Å². The summed E-state index contributed by atoms with van der Waals surface area (Å²) in [7, 11) is 0. The van der Waals surface area contributed by atoms with Crippen LogP contribution in [0.25, 0.3) is 44.4 Å². The van der Waals surface area contributed by atoms with Crippen LogP contribution in [-0.4, -0.2) is 43.8 Å². The Morgan fingerprint density at radius 3 is 1.28 bits per heavy atom. The summed E-state index contributed by atoms with van der Waals surface area (Å²) < 4.78 is 0. The minimum Gasteiger partial charge on any atom is -0.550 e. The van der Waals surface area contributed by atoms with E-state index in [0.29, 0.717) is 56.0 Å². The second-order valence-corrected chi connectivity index (χ2v) is 12.1. The number of carbonyl (C=O) groups is 4. The van der Waals surface area contributed by atoms with Gasteiger partial charge in [-0.3, -0.25) is 0 Å². The Balaban J connectivity index is 0.00000338. The minimum absolute atomic E-state index is 0. The molecule has 12 nitrogen and oxygen atoms in total. The molecule has 5 heterocycles. The number of aryl methyl sites for hydroxylation is 4. The summed E-state index contributed by atoms with van der Waals surface area (Å²) in [5, 5.41) is 45.9. The molecule has 0 amide bonds. The van der Waals surface area contributed by atoms with Crippen LogP contribution in [0.1, 0.15) is 97.4 Å². The fraction of sp³-hybridized carbons (Fsp3) is 0.333. The first-order chi connectivity index (χ1) is 22.7. The molecule has 0 saturated heterocycles. The minimum atomic E-state index is -1.21. The number of allylic oxidation sites excluding steroid dienone is 4. The average molecular weight is 781 g/mol. The third kappa shape index (κ3) is 8.71. The molecule has 0 saturated carbocycles. The Morgan fingerprint density at radius 2 is 0.840 bits per heavy atom. The quantitative estimate of drug-likeness (QED) is 0.251. The number of carboxylic acids is 4. The molecule has 14 heteroatoms. The zero-order valence-electron chi connectivity index (χ0n) is 28.5. The number of aromatic nitrogens is 4. The van der Waals surface area contributed by atoms with Crippen molar-refractivity contribution in [3.05, 3.63) is 69.3 Å². The Labute approximate surface area is 313 Å². The summed E-state index contributed by atoms with van der Waals surface area (Å²) in [6, 6.07) is 7.20. The summed E-state index contributed by atoms with van der Waals surface area (Å²) in [6.45, 7) is 7.38. The van der Waals surface area contributed by atoms with E-state index in [0.717, 1.165) is 33.4 Å². The number of aromatic amines is 2. The number of fused-ring (bicyclic) bond motifs is 8. The number of nitrogens with zero attached hydrogens (tertiary/aromatic N) is 2. The van der Waals surface area contributed by atoms with Gasteiger partial charge < -0.3 is 49.6 Å². The van der Waals surface area contributed by atoms with Gasteiger partial charge in [-0.1, -0.05) is 0 Å². The molecule has 0 aliphatic carbocycles. The van der Waals surface area contributed by atoms with Crippen LogP contribution >= 0.6 is 0 Å². The zero-order valence-corrected chi connectivity index (χ0v) is 34.5. The van der Waals surface area contributed by atoms with Crippen LogP contribution in [-0.2, 0) is 71.0 Å². The third-order valence-corrected chi connectivity index (χ3v) is 9.12. The van der Waals surface area contributed by atoms with Crippen molar-refractivity contribution in [1.82, 2.24) is 19.9 Å².